The number of fused-ring (bicyclic) bond motifs is 4. The zero-order valence-electron chi connectivity index (χ0n) is 13.1. The molecule has 3 rings (SSSR count). The number of piperidine rings is 1. The van der Waals surface area contributed by atoms with E-state index in [-0.39, 0.29) is 11.8 Å². The quantitative estimate of drug-likeness (QED) is 0.612. The number of hydrogen-bond acceptors (Lipinski definition) is 5. The van der Waals surface area contributed by atoms with Gasteiger partial charge in [0.2, 0.25) is 5.91 Å². The van der Waals surface area contributed by atoms with E-state index in [1.54, 1.807) is 20.2 Å². The maximum absolute atomic E-state index is 12.6. The first-order valence-corrected chi connectivity index (χ1v) is 7.13. The lowest BCUT2D eigenvalue weighted by Crippen LogP contribution is -2.62. The zero-order valence-corrected chi connectivity index (χ0v) is 13.1. The van der Waals surface area contributed by atoms with Crippen LogP contribution in [0.25, 0.3) is 0 Å². The second kappa shape index (κ2) is 4.90. The maximum Gasteiger partial charge on any atom is 0.318 e. The van der Waals surface area contributed by atoms with Crippen LogP contribution < -0.4 is 9.47 Å². The average molecular weight is 305 g/mol. The Morgan fingerprint density at radius 3 is 2.77 bits per heavy atom. The lowest BCUT2D eigenvalue weighted by atomic mass is 9.74. The third kappa shape index (κ3) is 1.94. The molecule has 2 aliphatic rings. The van der Waals surface area contributed by atoms with E-state index in [4.69, 9.17) is 14.2 Å². The van der Waals surface area contributed by atoms with Gasteiger partial charge in [-0.3, -0.25) is 9.59 Å². The Bertz CT molecular complexity index is 643. The summed E-state index contributed by atoms with van der Waals surface area (Å²) < 4.78 is 16.1. The van der Waals surface area contributed by atoms with E-state index in [0.717, 1.165) is 5.56 Å². The predicted molar refractivity (Wildman–Crippen MR) is 77.7 cm³/mol. The molecule has 2 heterocycles. The minimum Gasteiger partial charge on any atom is -0.497 e. The number of benzene rings is 1. The van der Waals surface area contributed by atoms with Crippen LogP contribution in [0.4, 0.5) is 0 Å². The minimum absolute atomic E-state index is 0.278. The van der Waals surface area contributed by atoms with Crippen LogP contribution in [0.1, 0.15) is 24.8 Å². The van der Waals surface area contributed by atoms with Gasteiger partial charge in [-0.2, -0.15) is 0 Å². The molecule has 0 aliphatic carbocycles. The summed E-state index contributed by atoms with van der Waals surface area (Å²) in [6.07, 6.45) is 0.537. The molecule has 0 unspecified atom stereocenters. The normalized spacial score (nSPS) is 29.5. The maximum atomic E-state index is 12.6. The highest BCUT2D eigenvalue weighted by Crippen LogP contribution is 2.50. The Kier molecular flexibility index (Phi) is 3.27. The summed E-state index contributed by atoms with van der Waals surface area (Å²) >= 11 is 0. The first-order valence-electron chi connectivity index (χ1n) is 7.13. The number of methoxy groups -OCH3 is 2. The molecule has 1 fully saturated rings. The molecule has 0 N–H and O–H groups in total. The van der Waals surface area contributed by atoms with Gasteiger partial charge >= 0.3 is 5.97 Å². The van der Waals surface area contributed by atoms with Crippen LogP contribution in [0.15, 0.2) is 18.2 Å². The SMILES string of the molecule is COC(=O)[C@@H]1C(=O)N(C)[C@]2(C)C[C@H]1c1cc(OC)ccc1O2. The van der Waals surface area contributed by atoms with Crippen molar-refractivity contribution in [3.63, 3.8) is 0 Å². The van der Waals surface area contributed by atoms with Gasteiger partial charge in [-0.1, -0.05) is 0 Å². The number of amides is 1. The van der Waals surface area contributed by atoms with E-state index in [2.05, 4.69) is 0 Å². The van der Waals surface area contributed by atoms with Crippen molar-refractivity contribution < 1.29 is 23.8 Å². The Morgan fingerprint density at radius 2 is 2.14 bits per heavy atom. The van der Waals surface area contributed by atoms with Crippen LogP contribution >= 0.6 is 0 Å². The van der Waals surface area contributed by atoms with Gasteiger partial charge in [-0.15, -0.1) is 0 Å². The van der Waals surface area contributed by atoms with E-state index < -0.39 is 17.6 Å². The highest BCUT2D eigenvalue weighted by molar-refractivity contribution is 6.00. The fourth-order valence-corrected chi connectivity index (χ4v) is 3.34. The third-order valence-electron chi connectivity index (χ3n) is 4.71. The van der Waals surface area contributed by atoms with Gasteiger partial charge < -0.3 is 19.1 Å². The van der Waals surface area contributed by atoms with E-state index in [1.165, 1.54) is 12.0 Å². The zero-order chi connectivity index (χ0) is 16.1. The molecular weight excluding hydrogens is 286 g/mol. The van der Waals surface area contributed by atoms with Crippen molar-refractivity contribution in [2.24, 2.45) is 5.92 Å². The molecule has 0 radical (unpaired) electrons. The number of carbonyl (C=O) groups excluding carboxylic acids is 2. The van der Waals surface area contributed by atoms with E-state index in [9.17, 15) is 9.59 Å². The molecule has 2 bridgehead atoms. The van der Waals surface area contributed by atoms with Gasteiger partial charge in [-0.25, -0.2) is 0 Å². The van der Waals surface area contributed by atoms with Crippen molar-refractivity contribution >= 4 is 11.9 Å². The van der Waals surface area contributed by atoms with Gasteiger partial charge in [0.1, 0.15) is 17.4 Å². The van der Waals surface area contributed by atoms with Gasteiger partial charge in [-0.05, 0) is 25.1 Å². The van der Waals surface area contributed by atoms with Gasteiger partial charge in [0.25, 0.3) is 0 Å². The van der Waals surface area contributed by atoms with Gasteiger partial charge in [0.05, 0.1) is 14.2 Å². The number of nitrogens with zero attached hydrogens (tertiary/aromatic N) is 1. The number of esters is 1. The molecule has 1 amide bonds. The van der Waals surface area contributed by atoms with Crippen LogP contribution in [-0.4, -0.2) is 43.8 Å². The van der Waals surface area contributed by atoms with E-state index >= 15 is 0 Å². The number of rotatable bonds is 2. The highest BCUT2D eigenvalue weighted by atomic mass is 16.5. The summed E-state index contributed by atoms with van der Waals surface area (Å²) in [4.78, 5) is 26.3. The van der Waals surface area contributed by atoms with Crippen molar-refractivity contribution in [2.75, 3.05) is 21.3 Å². The van der Waals surface area contributed by atoms with E-state index in [1.807, 2.05) is 19.1 Å². The smallest absolute Gasteiger partial charge is 0.318 e. The topological polar surface area (TPSA) is 65.1 Å². The monoisotopic (exact) mass is 305 g/mol. The Labute approximate surface area is 128 Å². The van der Waals surface area contributed by atoms with Crippen molar-refractivity contribution in [1.82, 2.24) is 4.90 Å². The van der Waals surface area contributed by atoms with Crippen molar-refractivity contribution in [3.05, 3.63) is 23.8 Å². The molecule has 22 heavy (non-hydrogen) atoms. The second-order valence-electron chi connectivity index (χ2n) is 5.89. The number of hydrogen-bond donors (Lipinski definition) is 0. The van der Waals surface area contributed by atoms with Crippen LogP contribution in [0.5, 0.6) is 11.5 Å². The summed E-state index contributed by atoms with van der Waals surface area (Å²) in [6, 6.07) is 5.45. The Morgan fingerprint density at radius 1 is 1.41 bits per heavy atom. The largest absolute Gasteiger partial charge is 0.497 e. The third-order valence-corrected chi connectivity index (χ3v) is 4.71. The standard InChI is InChI=1S/C16H19NO5/c1-16-8-11(13(15(19)21-4)14(18)17(16)2)10-7-9(20-3)5-6-12(10)22-16/h5-7,11,13H,8H2,1-4H3/t11-,13-,16-/m0/s1. The molecule has 1 aromatic carbocycles. The molecular formula is C16H19NO5. The predicted octanol–water partition coefficient (Wildman–Crippen LogP) is 1.54. The Hall–Kier alpha value is -2.24. The second-order valence-corrected chi connectivity index (χ2v) is 5.89. The van der Waals surface area contributed by atoms with Crippen LogP contribution in [-0.2, 0) is 14.3 Å². The van der Waals surface area contributed by atoms with Crippen LogP contribution in [0, 0.1) is 5.92 Å². The molecule has 1 aromatic rings. The number of likely N-dealkylation sites (tertiary alicyclic amines) is 1. The van der Waals surface area contributed by atoms with Gasteiger partial charge in [0, 0.05) is 24.9 Å². The summed E-state index contributed by atoms with van der Waals surface area (Å²) in [7, 11) is 4.53. The highest BCUT2D eigenvalue weighted by Gasteiger charge is 2.55. The molecule has 1 saturated heterocycles. The van der Waals surface area contributed by atoms with Crippen molar-refractivity contribution in [3.8, 4) is 11.5 Å². The molecule has 6 nitrogen and oxygen atoms in total. The fraction of sp³-hybridized carbons (Fsp3) is 0.500. The first kappa shape index (κ1) is 14.7. The van der Waals surface area contributed by atoms with Crippen LogP contribution in [0.2, 0.25) is 0 Å². The summed E-state index contributed by atoms with van der Waals surface area (Å²) in [5.41, 5.74) is 0.0575. The molecule has 0 aromatic heterocycles. The minimum atomic E-state index is -0.849. The number of carbonyl (C=O) groups is 2. The summed E-state index contributed by atoms with van der Waals surface area (Å²) in [5, 5.41) is 0. The Balaban J connectivity index is 2.15. The lowest BCUT2D eigenvalue weighted by molar-refractivity contribution is -0.177. The van der Waals surface area contributed by atoms with Gasteiger partial charge in [0.15, 0.2) is 5.72 Å². The van der Waals surface area contributed by atoms with Crippen LogP contribution in [0.3, 0.4) is 0 Å². The van der Waals surface area contributed by atoms with E-state index in [0.29, 0.717) is 17.9 Å². The molecule has 0 saturated carbocycles. The molecule has 2 aliphatic heterocycles. The average Bonchev–Trinajstić information content (AvgIpc) is 2.52. The molecule has 6 heteroatoms. The summed E-state index contributed by atoms with van der Waals surface area (Å²) in [6.45, 7) is 1.86. The number of ether oxygens (including phenoxy) is 3. The fourth-order valence-electron chi connectivity index (χ4n) is 3.34. The first-order chi connectivity index (χ1) is 10.4. The van der Waals surface area contributed by atoms with Crippen molar-refractivity contribution in [1.29, 1.82) is 0 Å². The molecule has 118 valence electrons. The summed E-state index contributed by atoms with van der Waals surface area (Å²) in [5.74, 6) is -0.579. The molecule has 0 spiro atoms. The lowest BCUT2D eigenvalue weighted by Gasteiger charge is -2.51. The molecule has 3 atom stereocenters. The van der Waals surface area contributed by atoms with Crippen molar-refractivity contribution in [2.45, 2.75) is 25.0 Å².